The van der Waals surface area contributed by atoms with Crippen molar-refractivity contribution in [3.63, 3.8) is 0 Å². The maximum Gasteiger partial charge on any atom is 0.328 e. The van der Waals surface area contributed by atoms with Gasteiger partial charge in [-0.3, -0.25) is 0 Å². The van der Waals surface area contributed by atoms with Crippen LogP contribution in [-0.2, 0) is 11.2 Å². The van der Waals surface area contributed by atoms with Gasteiger partial charge in [-0.1, -0.05) is 32.3 Å². The molecule has 0 amide bonds. The van der Waals surface area contributed by atoms with Gasteiger partial charge in [-0.05, 0) is 42.2 Å². The Morgan fingerprint density at radius 1 is 1.28 bits per heavy atom. The first-order chi connectivity index (χ1) is 8.63. The summed E-state index contributed by atoms with van der Waals surface area (Å²) in [6.45, 7) is 2.16. The Balaban J connectivity index is 2.73. The Morgan fingerprint density at radius 2 is 2.06 bits per heavy atom. The molecule has 1 aromatic carbocycles. The molecule has 2 N–H and O–H groups in total. The Morgan fingerprint density at radius 3 is 2.72 bits per heavy atom. The lowest BCUT2D eigenvalue weighted by molar-refractivity contribution is -0.131. The molecule has 0 aliphatic heterocycles. The van der Waals surface area contributed by atoms with Gasteiger partial charge in [0.2, 0.25) is 0 Å². The van der Waals surface area contributed by atoms with Gasteiger partial charge in [-0.2, -0.15) is 0 Å². The van der Waals surface area contributed by atoms with E-state index in [0.717, 1.165) is 36.5 Å². The number of hydrogen-bond acceptors (Lipinski definition) is 2. The highest BCUT2D eigenvalue weighted by Crippen LogP contribution is 2.20. The first-order valence-electron chi connectivity index (χ1n) is 6.36. The molecular formula is C15H20O3. The normalized spacial score (nSPS) is 10.9. The summed E-state index contributed by atoms with van der Waals surface area (Å²) in [6, 6.07) is 5.05. The molecule has 0 unspecified atom stereocenters. The molecule has 0 heterocycles. The molecule has 0 spiro atoms. The number of benzene rings is 1. The van der Waals surface area contributed by atoms with Gasteiger partial charge in [-0.15, -0.1) is 0 Å². The highest BCUT2D eigenvalue weighted by atomic mass is 16.4. The van der Waals surface area contributed by atoms with Gasteiger partial charge < -0.3 is 10.2 Å². The van der Waals surface area contributed by atoms with Gasteiger partial charge in [0, 0.05) is 6.08 Å². The number of carboxylic acids is 1. The third-order valence-corrected chi connectivity index (χ3v) is 2.83. The number of rotatable bonds is 7. The van der Waals surface area contributed by atoms with Gasteiger partial charge in [0.1, 0.15) is 5.75 Å². The molecule has 0 aliphatic carbocycles. The Bertz CT molecular complexity index is 422. The fourth-order valence-electron chi connectivity index (χ4n) is 1.87. The van der Waals surface area contributed by atoms with E-state index in [1.54, 1.807) is 24.3 Å². The van der Waals surface area contributed by atoms with E-state index in [0.29, 0.717) is 0 Å². The molecule has 0 bridgehead atoms. The number of hydrogen-bond donors (Lipinski definition) is 2. The van der Waals surface area contributed by atoms with Crippen LogP contribution in [0.5, 0.6) is 5.75 Å². The third-order valence-electron chi connectivity index (χ3n) is 2.83. The second-order valence-corrected chi connectivity index (χ2v) is 4.37. The summed E-state index contributed by atoms with van der Waals surface area (Å²) in [5.41, 5.74) is 1.87. The van der Waals surface area contributed by atoms with E-state index in [1.165, 1.54) is 12.8 Å². The van der Waals surface area contributed by atoms with E-state index in [9.17, 15) is 9.90 Å². The maximum absolute atomic E-state index is 10.5. The van der Waals surface area contributed by atoms with Gasteiger partial charge in [0.15, 0.2) is 0 Å². The van der Waals surface area contributed by atoms with Crippen LogP contribution < -0.4 is 0 Å². The zero-order valence-electron chi connectivity index (χ0n) is 10.7. The minimum atomic E-state index is -0.958. The molecular weight excluding hydrogens is 228 g/mol. The van der Waals surface area contributed by atoms with Gasteiger partial charge >= 0.3 is 5.97 Å². The summed E-state index contributed by atoms with van der Waals surface area (Å²) in [7, 11) is 0. The quantitative estimate of drug-likeness (QED) is 0.572. The average molecular weight is 248 g/mol. The molecule has 0 aliphatic rings. The van der Waals surface area contributed by atoms with Crippen molar-refractivity contribution in [3.8, 4) is 5.75 Å². The van der Waals surface area contributed by atoms with E-state index >= 15 is 0 Å². The molecule has 0 atom stereocenters. The monoisotopic (exact) mass is 248 g/mol. The number of carbonyl (C=O) groups is 1. The van der Waals surface area contributed by atoms with E-state index in [2.05, 4.69) is 6.92 Å². The molecule has 0 fully saturated rings. The first kappa shape index (κ1) is 14.3. The first-order valence-corrected chi connectivity index (χ1v) is 6.36. The van der Waals surface area contributed by atoms with Crippen LogP contribution >= 0.6 is 0 Å². The van der Waals surface area contributed by atoms with E-state index in [4.69, 9.17) is 5.11 Å². The van der Waals surface area contributed by atoms with Crippen molar-refractivity contribution < 1.29 is 15.0 Å². The van der Waals surface area contributed by atoms with Crippen LogP contribution in [0.3, 0.4) is 0 Å². The molecule has 18 heavy (non-hydrogen) atoms. The van der Waals surface area contributed by atoms with Crippen molar-refractivity contribution in [1.29, 1.82) is 0 Å². The predicted octanol–water partition coefficient (Wildman–Crippen LogP) is 3.61. The Labute approximate surface area is 108 Å². The highest BCUT2D eigenvalue weighted by Gasteiger charge is 2.02. The summed E-state index contributed by atoms with van der Waals surface area (Å²) < 4.78 is 0. The van der Waals surface area contributed by atoms with Gasteiger partial charge in [0.25, 0.3) is 0 Å². The number of unbranched alkanes of at least 4 members (excludes halogenated alkanes) is 3. The van der Waals surface area contributed by atoms with Crippen LogP contribution in [0, 0.1) is 0 Å². The topological polar surface area (TPSA) is 57.5 Å². The lowest BCUT2D eigenvalue weighted by atomic mass is 10.00. The van der Waals surface area contributed by atoms with Crippen LogP contribution in [0.25, 0.3) is 6.08 Å². The molecule has 3 heteroatoms. The van der Waals surface area contributed by atoms with Crippen molar-refractivity contribution in [2.75, 3.05) is 0 Å². The Kier molecular flexibility index (Phi) is 5.98. The molecule has 98 valence electrons. The van der Waals surface area contributed by atoms with Gasteiger partial charge in [0.05, 0.1) is 0 Å². The average Bonchev–Trinajstić information content (AvgIpc) is 2.33. The number of aryl methyl sites for hydroxylation is 1. The van der Waals surface area contributed by atoms with Crippen molar-refractivity contribution >= 4 is 12.0 Å². The number of aliphatic carboxylic acids is 1. The minimum Gasteiger partial charge on any atom is -0.508 e. The lowest BCUT2D eigenvalue weighted by Gasteiger charge is -2.06. The summed E-state index contributed by atoms with van der Waals surface area (Å²) in [6.07, 6.45) is 8.19. The maximum atomic E-state index is 10.5. The SMILES string of the molecule is CCCCCCc1cc(O)ccc1C=CC(=O)O. The summed E-state index contributed by atoms with van der Waals surface area (Å²) in [5, 5.41) is 18.1. The zero-order chi connectivity index (χ0) is 13.4. The second-order valence-electron chi connectivity index (χ2n) is 4.37. The molecule has 1 aromatic rings. The zero-order valence-corrected chi connectivity index (χ0v) is 10.7. The third kappa shape index (κ3) is 5.04. The summed E-state index contributed by atoms with van der Waals surface area (Å²) in [5.74, 6) is -0.729. The molecule has 1 rings (SSSR count). The van der Waals surface area contributed by atoms with Crippen molar-refractivity contribution in [1.82, 2.24) is 0 Å². The number of phenolic OH excluding ortho intramolecular Hbond substituents is 1. The number of carboxylic acid groups (broad SMARTS) is 1. The molecule has 3 nitrogen and oxygen atoms in total. The molecule has 0 radical (unpaired) electrons. The summed E-state index contributed by atoms with van der Waals surface area (Å²) >= 11 is 0. The fraction of sp³-hybridized carbons (Fsp3) is 0.400. The van der Waals surface area contributed by atoms with Crippen LogP contribution in [0.15, 0.2) is 24.3 Å². The van der Waals surface area contributed by atoms with Crippen molar-refractivity contribution in [2.24, 2.45) is 0 Å². The highest BCUT2D eigenvalue weighted by molar-refractivity contribution is 5.85. The van der Waals surface area contributed by atoms with E-state index in [1.807, 2.05) is 0 Å². The van der Waals surface area contributed by atoms with Crippen LogP contribution in [0.2, 0.25) is 0 Å². The van der Waals surface area contributed by atoms with Crippen LogP contribution in [0.4, 0.5) is 0 Å². The van der Waals surface area contributed by atoms with E-state index < -0.39 is 5.97 Å². The molecule has 0 saturated carbocycles. The number of aromatic hydroxyl groups is 1. The fourth-order valence-corrected chi connectivity index (χ4v) is 1.87. The van der Waals surface area contributed by atoms with Crippen LogP contribution in [-0.4, -0.2) is 16.2 Å². The Hall–Kier alpha value is -1.77. The lowest BCUT2D eigenvalue weighted by Crippen LogP contribution is -1.92. The number of phenols is 1. The summed E-state index contributed by atoms with van der Waals surface area (Å²) in [4.78, 5) is 10.5. The predicted molar refractivity (Wildman–Crippen MR) is 72.6 cm³/mol. The van der Waals surface area contributed by atoms with E-state index in [-0.39, 0.29) is 5.75 Å². The smallest absolute Gasteiger partial charge is 0.328 e. The molecule has 0 saturated heterocycles. The van der Waals surface area contributed by atoms with Gasteiger partial charge in [-0.25, -0.2) is 4.79 Å². The largest absolute Gasteiger partial charge is 0.508 e. The van der Waals surface area contributed by atoms with Crippen LogP contribution in [0.1, 0.15) is 43.7 Å². The van der Waals surface area contributed by atoms with Crippen molar-refractivity contribution in [2.45, 2.75) is 39.0 Å². The minimum absolute atomic E-state index is 0.230. The second kappa shape index (κ2) is 7.54. The van der Waals surface area contributed by atoms with Crippen molar-refractivity contribution in [3.05, 3.63) is 35.4 Å². The standard InChI is InChI=1S/C15H20O3/c1-2-3-4-5-6-13-11-14(16)9-7-12(13)8-10-15(17)18/h7-11,16H,2-6H2,1H3,(H,17,18). The molecule has 0 aromatic heterocycles.